The lowest BCUT2D eigenvalue weighted by Gasteiger charge is -2.37. The monoisotopic (exact) mass is 272 g/mol. The van der Waals surface area contributed by atoms with Crippen molar-refractivity contribution in [2.75, 3.05) is 26.2 Å². The molecule has 0 spiro atoms. The molecule has 1 aromatic rings. The number of nitrogens with one attached hydrogen (secondary N) is 2. The fourth-order valence-electron chi connectivity index (χ4n) is 3.10. The second kappa shape index (κ2) is 6.27. The first-order valence-corrected chi connectivity index (χ1v) is 7.62. The molecular formula is C16H24N4. The molecule has 0 bridgehead atoms. The summed E-state index contributed by atoms with van der Waals surface area (Å²) in [6, 6.07) is 11.3. The number of rotatable bonds is 3. The van der Waals surface area contributed by atoms with Crippen LogP contribution in [0.15, 0.2) is 35.3 Å². The molecule has 2 unspecified atom stereocenters. The number of likely N-dealkylation sites (tertiary alicyclic amines) is 1. The highest BCUT2D eigenvalue weighted by atomic mass is 15.2. The van der Waals surface area contributed by atoms with Crippen LogP contribution in [0.25, 0.3) is 0 Å². The second-order valence-electron chi connectivity index (χ2n) is 5.89. The molecular weight excluding hydrogens is 248 g/mol. The van der Waals surface area contributed by atoms with Crippen molar-refractivity contribution < 1.29 is 0 Å². The Hall–Kier alpha value is -1.55. The molecule has 2 heterocycles. The van der Waals surface area contributed by atoms with Gasteiger partial charge in [0.25, 0.3) is 0 Å². The Morgan fingerprint density at radius 3 is 2.90 bits per heavy atom. The maximum absolute atomic E-state index is 4.43. The molecule has 3 rings (SSSR count). The number of hydrogen-bond donors (Lipinski definition) is 2. The molecule has 4 nitrogen and oxygen atoms in total. The van der Waals surface area contributed by atoms with Crippen LogP contribution in [-0.4, -0.2) is 43.1 Å². The van der Waals surface area contributed by atoms with Gasteiger partial charge < -0.3 is 10.6 Å². The minimum absolute atomic E-state index is 0.548. The van der Waals surface area contributed by atoms with Crippen LogP contribution in [0.3, 0.4) is 0 Å². The molecule has 108 valence electrons. The zero-order chi connectivity index (χ0) is 13.8. The van der Waals surface area contributed by atoms with Crippen LogP contribution >= 0.6 is 0 Å². The highest BCUT2D eigenvalue weighted by Gasteiger charge is 2.27. The van der Waals surface area contributed by atoms with Gasteiger partial charge in [0.1, 0.15) is 0 Å². The molecule has 0 aliphatic carbocycles. The highest BCUT2D eigenvalue weighted by molar-refractivity contribution is 5.81. The average Bonchev–Trinajstić information content (AvgIpc) is 2.96. The van der Waals surface area contributed by atoms with Crippen LogP contribution in [0.5, 0.6) is 0 Å². The highest BCUT2D eigenvalue weighted by Crippen LogP contribution is 2.19. The van der Waals surface area contributed by atoms with Crippen LogP contribution in [0.2, 0.25) is 0 Å². The van der Waals surface area contributed by atoms with Gasteiger partial charge in [0, 0.05) is 32.2 Å². The molecule has 1 saturated heterocycles. The maximum atomic E-state index is 4.43. The maximum Gasteiger partial charge on any atom is 0.191 e. The molecule has 20 heavy (non-hydrogen) atoms. The summed E-state index contributed by atoms with van der Waals surface area (Å²) in [7, 11) is 0. The fraction of sp³-hybridized carbons (Fsp3) is 0.562. The Kier molecular flexibility index (Phi) is 4.21. The fourth-order valence-corrected chi connectivity index (χ4v) is 3.10. The third-order valence-corrected chi connectivity index (χ3v) is 4.23. The van der Waals surface area contributed by atoms with Crippen molar-refractivity contribution in [1.82, 2.24) is 15.5 Å². The van der Waals surface area contributed by atoms with Gasteiger partial charge in [-0.05, 0) is 17.9 Å². The number of piperidine rings is 1. The van der Waals surface area contributed by atoms with Crippen LogP contribution in [0, 0.1) is 5.92 Å². The van der Waals surface area contributed by atoms with E-state index in [0.717, 1.165) is 38.7 Å². The van der Waals surface area contributed by atoms with Gasteiger partial charge in [0.05, 0.1) is 6.54 Å². The van der Waals surface area contributed by atoms with Crippen LogP contribution in [-0.2, 0) is 6.54 Å². The molecule has 2 atom stereocenters. The van der Waals surface area contributed by atoms with Gasteiger partial charge in [-0.2, -0.15) is 0 Å². The molecule has 0 amide bonds. The van der Waals surface area contributed by atoms with Gasteiger partial charge in [0.15, 0.2) is 5.96 Å². The summed E-state index contributed by atoms with van der Waals surface area (Å²) in [5.41, 5.74) is 1.41. The Morgan fingerprint density at radius 1 is 1.35 bits per heavy atom. The van der Waals surface area contributed by atoms with Gasteiger partial charge in [-0.15, -0.1) is 0 Å². The van der Waals surface area contributed by atoms with E-state index < -0.39 is 0 Å². The second-order valence-corrected chi connectivity index (χ2v) is 5.89. The Balaban J connectivity index is 1.51. The summed E-state index contributed by atoms with van der Waals surface area (Å²) in [5, 5.41) is 6.86. The van der Waals surface area contributed by atoms with Gasteiger partial charge >= 0.3 is 0 Å². The van der Waals surface area contributed by atoms with E-state index in [9.17, 15) is 0 Å². The van der Waals surface area contributed by atoms with E-state index in [1.807, 2.05) is 0 Å². The molecule has 0 radical (unpaired) electrons. The van der Waals surface area contributed by atoms with E-state index in [2.05, 4.69) is 57.8 Å². The molecule has 1 fully saturated rings. The lowest BCUT2D eigenvalue weighted by molar-refractivity contribution is 0.149. The van der Waals surface area contributed by atoms with E-state index in [-0.39, 0.29) is 0 Å². The minimum atomic E-state index is 0.548. The van der Waals surface area contributed by atoms with Crippen molar-refractivity contribution in [1.29, 1.82) is 0 Å². The van der Waals surface area contributed by atoms with Gasteiger partial charge in [0.2, 0.25) is 0 Å². The first-order chi connectivity index (χ1) is 9.81. The number of aliphatic imine (C=N–C) groups is 1. The Bertz CT molecular complexity index is 457. The predicted octanol–water partition coefficient (Wildman–Crippen LogP) is 1.45. The van der Waals surface area contributed by atoms with Crippen LogP contribution in [0.1, 0.15) is 18.9 Å². The standard InChI is InChI=1S/C16H24N4/c1-13-11-20(12-14-5-3-2-4-6-14)10-7-15(13)19-16-17-8-9-18-16/h2-6,13,15H,7-12H2,1H3,(H2,17,18,19). The quantitative estimate of drug-likeness (QED) is 0.875. The van der Waals surface area contributed by atoms with Crippen molar-refractivity contribution in [3.63, 3.8) is 0 Å². The van der Waals surface area contributed by atoms with Gasteiger partial charge in [-0.1, -0.05) is 37.3 Å². The molecule has 4 heteroatoms. The number of guanidine groups is 1. The molecule has 2 aliphatic heterocycles. The lowest BCUT2D eigenvalue weighted by atomic mass is 9.93. The predicted molar refractivity (Wildman–Crippen MR) is 82.7 cm³/mol. The molecule has 2 N–H and O–H groups in total. The zero-order valence-corrected chi connectivity index (χ0v) is 12.2. The third kappa shape index (κ3) is 3.31. The van der Waals surface area contributed by atoms with Gasteiger partial charge in [-0.25, -0.2) is 0 Å². The first kappa shape index (κ1) is 13.4. The summed E-state index contributed by atoms with van der Waals surface area (Å²) >= 11 is 0. The van der Waals surface area contributed by atoms with Crippen molar-refractivity contribution >= 4 is 5.96 Å². The van der Waals surface area contributed by atoms with E-state index in [4.69, 9.17) is 0 Å². The summed E-state index contributed by atoms with van der Waals surface area (Å²) < 4.78 is 0. The van der Waals surface area contributed by atoms with Crippen molar-refractivity contribution in [3.8, 4) is 0 Å². The van der Waals surface area contributed by atoms with E-state index >= 15 is 0 Å². The topological polar surface area (TPSA) is 39.7 Å². The lowest BCUT2D eigenvalue weighted by Crippen LogP contribution is -2.51. The summed E-state index contributed by atoms with van der Waals surface area (Å²) in [6.45, 7) is 7.60. The Morgan fingerprint density at radius 2 is 2.20 bits per heavy atom. The Labute approximate surface area is 121 Å². The molecule has 0 saturated carbocycles. The van der Waals surface area contributed by atoms with Crippen LogP contribution < -0.4 is 10.6 Å². The summed E-state index contributed by atoms with van der Waals surface area (Å²) in [5.74, 6) is 1.65. The normalized spacial score (nSPS) is 26.9. The van der Waals surface area contributed by atoms with Crippen molar-refractivity contribution in [2.45, 2.75) is 25.9 Å². The van der Waals surface area contributed by atoms with E-state index in [1.54, 1.807) is 0 Å². The SMILES string of the molecule is CC1CN(Cc2ccccc2)CCC1NC1=NCCN1. The summed E-state index contributed by atoms with van der Waals surface area (Å²) in [6.07, 6.45) is 1.19. The van der Waals surface area contributed by atoms with E-state index in [1.165, 1.54) is 12.0 Å². The zero-order valence-electron chi connectivity index (χ0n) is 12.2. The number of benzene rings is 1. The third-order valence-electron chi connectivity index (χ3n) is 4.23. The number of nitrogens with zero attached hydrogens (tertiary/aromatic N) is 2. The summed E-state index contributed by atoms with van der Waals surface area (Å²) in [4.78, 5) is 6.99. The smallest absolute Gasteiger partial charge is 0.191 e. The molecule has 0 aromatic heterocycles. The minimum Gasteiger partial charge on any atom is -0.355 e. The van der Waals surface area contributed by atoms with Crippen molar-refractivity contribution in [3.05, 3.63) is 35.9 Å². The van der Waals surface area contributed by atoms with Crippen molar-refractivity contribution in [2.24, 2.45) is 10.9 Å². The average molecular weight is 272 g/mol. The molecule has 1 aromatic carbocycles. The van der Waals surface area contributed by atoms with E-state index in [0.29, 0.717) is 12.0 Å². The van der Waals surface area contributed by atoms with Gasteiger partial charge in [-0.3, -0.25) is 9.89 Å². The van der Waals surface area contributed by atoms with Crippen LogP contribution in [0.4, 0.5) is 0 Å². The largest absolute Gasteiger partial charge is 0.355 e. The molecule has 2 aliphatic rings. The number of hydrogen-bond acceptors (Lipinski definition) is 4. The first-order valence-electron chi connectivity index (χ1n) is 7.62.